The molecule has 0 aliphatic carbocycles. The lowest BCUT2D eigenvalue weighted by Gasteiger charge is -2.22. The van der Waals surface area contributed by atoms with Crippen LogP contribution in [0, 0.1) is 28.9 Å². The van der Waals surface area contributed by atoms with Gasteiger partial charge in [0.25, 0.3) is 0 Å². The van der Waals surface area contributed by atoms with E-state index < -0.39 is 30.1 Å². The van der Waals surface area contributed by atoms with Gasteiger partial charge in [-0.3, -0.25) is 4.98 Å². The fourth-order valence-electron chi connectivity index (χ4n) is 5.41. The third-order valence-electron chi connectivity index (χ3n) is 7.53. The lowest BCUT2D eigenvalue weighted by atomic mass is 9.96. The number of anilines is 1. The largest absolute Gasteiger partial charge is 0.469 e. The van der Waals surface area contributed by atoms with Gasteiger partial charge in [-0.1, -0.05) is 0 Å². The minimum atomic E-state index is -1.32. The third-order valence-corrected chi connectivity index (χ3v) is 8.56. The SMILES string of the molecule is N#Cc1c(N)sc2c(F)ccc(-c3ncc4c(O[C@H]5CNC[C@@H]5F)nc(OC[C@@H]5CCCNC[C@H](F)C5)nc4c3F)c12. The summed E-state index contributed by atoms with van der Waals surface area (Å²) in [4.78, 5) is 12.9. The number of nitriles is 1. The Morgan fingerprint density at radius 1 is 1.14 bits per heavy atom. The number of hydrogen-bond donors (Lipinski definition) is 3. The number of rotatable bonds is 6. The minimum absolute atomic E-state index is 0.0183. The summed E-state index contributed by atoms with van der Waals surface area (Å²) in [5, 5.41) is 15.9. The molecule has 0 saturated carbocycles. The van der Waals surface area contributed by atoms with E-state index in [0.29, 0.717) is 6.54 Å². The van der Waals surface area contributed by atoms with Crippen molar-refractivity contribution in [2.45, 2.75) is 37.7 Å². The average molecular weight is 602 g/mol. The molecule has 3 aromatic heterocycles. The van der Waals surface area contributed by atoms with Crippen LogP contribution >= 0.6 is 11.3 Å². The summed E-state index contributed by atoms with van der Waals surface area (Å²) < 4.78 is 71.5. The van der Waals surface area contributed by atoms with Gasteiger partial charge in [-0.05, 0) is 43.9 Å². The van der Waals surface area contributed by atoms with Gasteiger partial charge in [-0.2, -0.15) is 15.2 Å². The van der Waals surface area contributed by atoms with Crippen LogP contribution in [0.2, 0.25) is 0 Å². The number of halogens is 4. The first kappa shape index (κ1) is 28.3. The molecule has 2 fully saturated rings. The van der Waals surface area contributed by atoms with Crippen molar-refractivity contribution in [3.63, 3.8) is 0 Å². The molecule has 4 aromatic rings. The molecule has 220 valence electrons. The number of benzene rings is 1. The Bertz CT molecular complexity index is 1680. The van der Waals surface area contributed by atoms with Gasteiger partial charge in [-0.15, -0.1) is 11.3 Å². The Hall–Kier alpha value is -3.80. The molecule has 0 spiro atoms. The second-order valence-corrected chi connectivity index (χ2v) is 11.5. The molecule has 5 heterocycles. The number of ether oxygens (including phenoxy) is 2. The fourth-order valence-corrected chi connectivity index (χ4v) is 6.36. The number of hydrogen-bond acceptors (Lipinski definition) is 10. The Balaban J connectivity index is 1.43. The number of alkyl halides is 2. The number of thiophene rings is 1. The molecule has 14 heteroatoms. The van der Waals surface area contributed by atoms with Crippen LogP contribution in [0.3, 0.4) is 0 Å². The summed E-state index contributed by atoms with van der Waals surface area (Å²) in [5.74, 6) is -1.73. The van der Waals surface area contributed by atoms with E-state index >= 15 is 4.39 Å². The first-order chi connectivity index (χ1) is 20.3. The number of fused-ring (bicyclic) bond motifs is 2. The topological polar surface area (TPSA) is 131 Å². The Labute approximate surface area is 242 Å². The molecule has 2 saturated heterocycles. The molecule has 2 aliphatic rings. The molecule has 0 radical (unpaired) electrons. The smallest absolute Gasteiger partial charge is 0.320 e. The van der Waals surface area contributed by atoms with Gasteiger partial charge in [0.15, 0.2) is 12.0 Å². The van der Waals surface area contributed by atoms with Crippen LogP contribution in [-0.2, 0) is 0 Å². The van der Waals surface area contributed by atoms with Crippen LogP contribution in [0.25, 0.3) is 32.2 Å². The normalized spacial score (nSPS) is 23.0. The van der Waals surface area contributed by atoms with Gasteiger partial charge in [0, 0.05) is 36.8 Å². The zero-order valence-corrected chi connectivity index (χ0v) is 23.1. The van der Waals surface area contributed by atoms with Gasteiger partial charge in [-0.25, -0.2) is 17.6 Å². The van der Waals surface area contributed by atoms with E-state index in [1.54, 1.807) is 0 Å². The number of nitrogens with zero attached hydrogens (tertiary/aromatic N) is 4. The molecular weight excluding hydrogens is 574 g/mol. The number of aromatic nitrogens is 3. The van der Waals surface area contributed by atoms with Crippen molar-refractivity contribution >= 4 is 37.3 Å². The summed E-state index contributed by atoms with van der Waals surface area (Å²) in [6, 6.07) is 4.23. The Kier molecular flexibility index (Phi) is 7.98. The lowest BCUT2D eigenvalue weighted by molar-refractivity contribution is 0.132. The maximum absolute atomic E-state index is 16.3. The summed E-state index contributed by atoms with van der Waals surface area (Å²) in [7, 11) is 0. The van der Waals surface area contributed by atoms with E-state index in [9.17, 15) is 18.4 Å². The molecule has 4 N–H and O–H groups in total. The first-order valence-corrected chi connectivity index (χ1v) is 14.4. The predicted molar refractivity (Wildman–Crippen MR) is 150 cm³/mol. The van der Waals surface area contributed by atoms with E-state index in [0.717, 1.165) is 30.2 Å². The van der Waals surface area contributed by atoms with Crippen molar-refractivity contribution in [1.29, 1.82) is 5.26 Å². The van der Waals surface area contributed by atoms with Crippen LogP contribution in [0.1, 0.15) is 24.8 Å². The second-order valence-electron chi connectivity index (χ2n) is 10.4. The van der Waals surface area contributed by atoms with E-state index in [-0.39, 0.29) is 93.3 Å². The second kappa shape index (κ2) is 11.8. The molecule has 6 rings (SSSR count). The predicted octanol–water partition coefficient (Wildman–Crippen LogP) is 4.43. The van der Waals surface area contributed by atoms with Crippen LogP contribution in [0.4, 0.5) is 22.6 Å². The van der Waals surface area contributed by atoms with Gasteiger partial charge >= 0.3 is 6.01 Å². The van der Waals surface area contributed by atoms with Crippen LogP contribution in [-0.4, -0.2) is 66.2 Å². The number of nitrogens with one attached hydrogen (secondary N) is 2. The molecule has 9 nitrogen and oxygen atoms in total. The number of nitrogen functional groups attached to an aromatic ring is 1. The highest BCUT2D eigenvalue weighted by Gasteiger charge is 2.31. The van der Waals surface area contributed by atoms with Crippen LogP contribution in [0.5, 0.6) is 11.9 Å². The lowest BCUT2D eigenvalue weighted by Crippen LogP contribution is -2.31. The molecule has 0 bridgehead atoms. The summed E-state index contributed by atoms with van der Waals surface area (Å²) >= 11 is 0.886. The summed E-state index contributed by atoms with van der Waals surface area (Å²) in [5.41, 5.74) is 5.71. The van der Waals surface area contributed by atoms with E-state index in [2.05, 4.69) is 25.6 Å². The van der Waals surface area contributed by atoms with Crippen LogP contribution < -0.4 is 25.8 Å². The number of nitrogens with two attached hydrogens (primary N) is 1. The van der Waals surface area contributed by atoms with Gasteiger partial charge < -0.3 is 25.8 Å². The van der Waals surface area contributed by atoms with Crippen LogP contribution in [0.15, 0.2) is 18.3 Å². The summed E-state index contributed by atoms with van der Waals surface area (Å²) in [6.07, 6.45) is -0.0990. The van der Waals surface area contributed by atoms with Crippen molar-refractivity contribution in [2.75, 3.05) is 38.5 Å². The highest BCUT2D eigenvalue weighted by Crippen LogP contribution is 2.42. The van der Waals surface area contributed by atoms with Crippen molar-refractivity contribution in [3.8, 4) is 29.2 Å². The number of pyridine rings is 1. The molecule has 42 heavy (non-hydrogen) atoms. The fraction of sp³-hybridized carbons (Fsp3) is 0.429. The Morgan fingerprint density at radius 3 is 2.79 bits per heavy atom. The van der Waals surface area contributed by atoms with E-state index in [1.165, 1.54) is 12.3 Å². The van der Waals surface area contributed by atoms with E-state index in [4.69, 9.17) is 15.2 Å². The average Bonchev–Trinajstić information content (AvgIpc) is 3.53. The maximum Gasteiger partial charge on any atom is 0.320 e. The maximum atomic E-state index is 16.3. The van der Waals surface area contributed by atoms with Crippen molar-refractivity contribution < 1.29 is 27.0 Å². The molecule has 1 aromatic carbocycles. The zero-order valence-electron chi connectivity index (χ0n) is 22.3. The summed E-state index contributed by atoms with van der Waals surface area (Å²) in [6.45, 7) is 1.37. The zero-order chi connectivity index (χ0) is 29.4. The highest BCUT2D eigenvalue weighted by atomic mass is 32.1. The standard InChI is InChI=1S/C28H27F4N7O2S/c29-14-6-13(2-1-5-35-8-14)12-40-28-38-24-17(27(39-28)41-20-11-36-10-19(20)31)9-37-23(22(24)32)15-3-4-18(30)25-21(15)16(7-33)26(34)42-25/h3-4,9,13-14,19-20,35-36H,1-2,5-6,8,10-12,34H2/t13-,14-,19+,20+/m1/s1. The van der Waals surface area contributed by atoms with Crippen molar-refractivity contribution in [3.05, 3.63) is 35.5 Å². The van der Waals surface area contributed by atoms with Gasteiger partial charge in [0.05, 0.1) is 22.3 Å². The minimum Gasteiger partial charge on any atom is -0.469 e. The quantitative estimate of drug-likeness (QED) is 0.275. The Morgan fingerprint density at radius 2 is 2.00 bits per heavy atom. The molecular formula is C28H27F4N7O2S. The molecule has 2 aliphatic heterocycles. The van der Waals surface area contributed by atoms with E-state index in [1.807, 2.05) is 6.07 Å². The molecule has 0 unspecified atom stereocenters. The third kappa shape index (κ3) is 5.39. The molecule has 0 amide bonds. The monoisotopic (exact) mass is 601 g/mol. The van der Waals surface area contributed by atoms with Crippen molar-refractivity contribution in [1.82, 2.24) is 25.6 Å². The highest BCUT2D eigenvalue weighted by molar-refractivity contribution is 7.23. The molecule has 4 atom stereocenters. The van der Waals surface area contributed by atoms with Crippen molar-refractivity contribution in [2.24, 2.45) is 5.92 Å². The van der Waals surface area contributed by atoms with Gasteiger partial charge in [0.1, 0.15) is 40.4 Å². The van der Waals surface area contributed by atoms with Gasteiger partial charge in [0.2, 0.25) is 5.88 Å². The first-order valence-electron chi connectivity index (χ1n) is 13.6.